The quantitative estimate of drug-likeness (QED) is 0.423. The lowest BCUT2D eigenvalue weighted by molar-refractivity contribution is -0.384. The van der Waals surface area contributed by atoms with Gasteiger partial charge in [-0.3, -0.25) is 10.1 Å². The number of anilines is 1. The van der Waals surface area contributed by atoms with E-state index in [-0.39, 0.29) is 12.3 Å². The van der Waals surface area contributed by atoms with E-state index in [4.69, 9.17) is 9.47 Å². The maximum atomic E-state index is 12.0. The monoisotopic (exact) mass is 360 g/mol. The zero-order valence-corrected chi connectivity index (χ0v) is 14.4. The highest BCUT2D eigenvalue weighted by atomic mass is 16.6. The summed E-state index contributed by atoms with van der Waals surface area (Å²) in [7, 11) is 1.55. The summed E-state index contributed by atoms with van der Waals surface area (Å²) in [6, 6.07) is 11.7. The van der Waals surface area contributed by atoms with Gasteiger partial charge in [-0.2, -0.15) is 0 Å². The van der Waals surface area contributed by atoms with E-state index in [1.54, 1.807) is 38.3 Å². The van der Waals surface area contributed by atoms with Crippen molar-refractivity contribution in [2.24, 2.45) is 0 Å². The third kappa shape index (κ3) is 4.70. The fourth-order valence-electron chi connectivity index (χ4n) is 2.38. The first kappa shape index (κ1) is 19.2. The second-order valence-corrected chi connectivity index (χ2v) is 5.40. The van der Waals surface area contributed by atoms with Crippen LogP contribution < -0.4 is 10.1 Å². The Balaban J connectivity index is 2.30. The summed E-state index contributed by atoms with van der Waals surface area (Å²) in [6.07, 6.45) is -1.49. The molecule has 2 aromatic carbocycles. The molecule has 2 N–H and O–H groups in total. The number of ether oxygens (including phenoxy) is 2. The average molecular weight is 360 g/mol. The number of nitro benzene ring substituents is 1. The number of esters is 1. The van der Waals surface area contributed by atoms with Gasteiger partial charge in [0, 0.05) is 17.8 Å². The Hall–Kier alpha value is -3.13. The summed E-state index contributed by atoms with van der Waals surface area (Å²) >= 11 is 0. The van der Waals surface area contributed by atoms with Crippen molar-refractivity contribution in [1.82, 2.24) is 0 Å². The van der Waals surface area contributed by atoms with Gasteiger partial charge in [-0.15, -0.1) is 0 Å². The second-order valence-electron chi connectivity index (χ2n) is 5.40. The minimum absolute atomic E-state index is 0.0810. The maximum absolute atomic E-state index is 12.0. The fourth-order valence-corrected chi connectivity index (χ4v) is 2.38. The largest absolute Gasteiger partial charge is 0.497 e. The predicted molar refractivity (Wildman–Crippen MR) is 95.1 cm³/mol. The molecule has 0 unspecified atom stereocenters. The Labute approximate surface area is 150 Å². The molecule has 8 heteroatoms. The summed E-state index contributed by atoms with van der Waals surface area (Å²) in [5, 5.41) is 24.3. The van der Waals surface area contributed by atoms with Gasteiger partial charge in [0.25, 0.3) is 5.69 Å². The van der Waals surface area contributed by atoms with Crippen LogP contribution in [0.25, 0.3) is 0 Å². The predicted octanol–water partition coefficient (Wildman–Crippen LogP) is 2.68. The highest BCUT2D eigenvalue weighted by Crippen LogP contribution is 2.26. The van der Waals surface area contributed by atoms with Crippen molar-refractivity contribution in [3.05, 3.63) is 64.2 Å². The van der Waals surface area contributed by atoms with Gasteiger partial charge in [-0.1, -0.05) is 12.1 Å². The van der Waals surface area contributed by atoms with Crippen LogP contribution >= 0.6 is 0 Å². The van der Waals surface area contributed by atoms with Crippen LogP contribution in [0.2, 0.25) is 0 Å². The van der Waals surface area contributed by atoms with Crippen molar-refractivity contribution in [3.8, 4) is 5.75 Å². The highest BCUT2D eigenvalue weighted by Gasteiger charge is 2.29. The normalized spacial score (nSPS) is 12.7. The summed E-state index contributed by atoms with van der Waals surface area (Å²) < 4.78 is 9.98. The zero-order valence-electron chi connectivity index (χ0n) is 14.4. The molecule has 0 spiro atoms. The molecule has 2 rings (SSSR count). The number of carbonyl (C=O) groups is 1. The molecule has 0 saturated heterocycles. The first-order valence-electron chi connectivity index (χ1n) is 7.96. The summed E-state index contributed by atoms with van der Waals surface area (Å²) in [4.78, 5) is 22.3. The Morgan fingerprint density at radius 3 is 2.31 bits per heavy atom. The summed E-state index contributed by atoms with van der Waals surface area (Å²) in [6.45, 7) is 1.77. The van der Waals surface area contributed by atoms with E-state index in [1.165, 1.54) is 24.3 Å². The third-order valence-electron chi connectivity index (χ3n) is 3.72. The third-order valence-corrected chi connectivity index (χ3v) is 3.72. The van der Waals surface area contributed by atoms with Gasteiger partial charge in [0.2, 0.25) is 0 Å². The standard InChI is InChI=1S/C18H20N2O6/c1-3-26-18(22)17(21)16(12-4-8-14(9-5-12)20(23)24)19-13-6-10-15(25-2)11-7-13/h4-11,16-17,19,21H,3H2,1-2H3/t16-,17+/m0/s1. The molecule has 26 heavy (non-hydrogen) atoms. The number of hydrogen-bond donors (Lipinski definition) is 2. The summed E-state index contributed by atoms with van der Waals surface area (Å²) in [5.74, 6) is -0.120. The smallest absolute Gasteiger partial charge is 0.337 e. The van der Waals surface area contributed by atoms with E-state index in [2.05, 4.69) is 5.32 Å². The van der Waals surface area contributed by atoms with Crippen LogP contribution in [0.3, 0.4) is 0 Å². The van der Waals surface area contributed by atoms with Crippen LogP contribution in [-0.2, 0) is 9.53 Å². The van der Waals surface area contributed by atoms with Crippen LogP contribution in [0, 0.1) is 10.1 Å². The van der Waals surface area contributed by atoms with Crippen molar-refractivity contribution < 1.29 is 24.3 Å². The first-order valence-corrected chi connectivity index (χ1v) is 7.96. The fraction of sp³-hybridized carbons (Fsp3) is 0.278. The molecule has 138 valence electrons. The number of methoxy groups -OCH3 is 1. The van der Waals surface area contributed by atoms with Gasteiger partial charge in [-0.05, 0) is 36.8 Å². The minimum Gasteiger partial charge on any atom is -0.497 e. The first-order chi connectivity index (χ1) is 12.5. The molecule has 0 radical (unpaired) electrons. The van der Waals surface area contributed by atoms with Crippen molar-refractivity contribution in [3.63, 3.8) is 0 Å². The van der Waals surface area contributed by atoms with Crippen molar-refractivity contribution in [2.45, 2.75) is 19.1 Å². The number of benzene rings is 2. The molecule has 0 aliphatic rings. The van der Waals surface area contributed by atoms with Crippen molar-refractivity contribution in [1.29, 1.82) is 0 Å². The van der Waals surface area contributed by atoms with Gasteiger partial charge in [0.05, 0.1) is 24.7 Å². The average Bonchev–Trinajstić information content (AvgIpc) is 2.66. The van der Waals surface area contributed by atoms with E-state index in [1.807, 2.05) is 0 Å². The molecule has 2 atom stereocenters. The number of nitrogens with zero attached hydrogens (tertiary/aromatic N) is 1. The molecule has 0 aliphatic carbocycles. The van der Waals surface area contributed by atoms with E-state index in [9.17, 15) is 20.0 Å². The molecule has 0 heterocycles. The molecule has 8 nitrogen and oxygen atoms in total. The Kier molecular flexibility index (Phi) is 6.51. The van der Waals surface area contributed by atoms with Crippen LogP contribution in [-0.4, -0.2) is 35.8 Å². The second kappa shape index (κ2) is 8.82. The molecule has 2 aromatic rings. The van der Waals surface area contributed by atoms with Crippen LogP contribution in [0.1, 0.15) is 18.5 Å². The van der Waals surface area contributed by atoms with Gasteiger partial charge < -0.3 is 19.9 Å². The molecule has 0 bridgehead atoms. The van der Waals surface area contributed by atoms with Gasteiger partial charge in [0.15, 0.2) is 6.10 Å². The lowest BCUT2D eigenvalue weighted by Crippen LogP contribution is -2.34. The lowest BCUT2D eigenvalue weighted by atomic mass is 10.0. The number of aliphatic hydroxyl groups excluding tert-OH is 1. The van der Waals surface area contributed by atoms with E-state index in [0.29, 0.717) is 17.0 Å². The maximum Gasteiger partial charge on any atom is 0.337 e. The number of non-ortho nitro benzene ring substituents is 1. The van der Waals surface area contributed by atoms with E-state index < -0.39 is 23.0 Å². The van der Waals surface area contributed by atoms with E-state index >= 15 is 0 Å². The topological polar surface area (TPSA) is 111 Å². The number of rotatable bonds is 8. The number of nitrogens with one attached hydrogen (secondary N) is 1. The molecular weight excluding hydrogens is 340 g/mol. The summed E-state index contributed by atoms with van der Waals surface area (Å²) in [5.41, 5.74) is 1.06. The Morgan fingerprint density at radius 1 is 1.19 bits per heavy atom. The van der Waals surface area contributed by atoms with E-state index in [0.717, 1.165) is 0 Å². The highest BCUT2D eigenvalue weighted by molar-refractivity contribution is 5.76. The number of hydrogen-bond acceptors (Lipinski definition) is 7. The number of nitro groups is 1. The van der Waals surface area contributed by atoms with Gasteiger partial charge in [-0.25, -0.2) is 4.79 Å². The zero-order chi connectivity index (χ0) is 19.1. The van der Waals surface area contributed by atoms with Crippen molar-refractivity contribution >= 4 is 17.3 Å². The number of carbonyl (C=O) groups excluding carboxylic acids is 1. The van der Waals surface area contributed by atoms with Crippen molar-refractivity contribution in [2.75, 3.05) is 19.0 Å². The van der Waals surface area contributed by atoms with Gasteiger partial charge >= 0.3 is 5.97 Å². The van der Waals surface area contributed by atoms with Crippen LogP contribution in [0.15, 0.2) is 48.5 Å². The van der Waals surface area contributed by atoms with Crippen LogP contribution in [0.5, 0.6) is 5.75 Å². The molecule has 0 aliphatic heterocycles. The van der Waals surface area contributed by atoms with Crippen LogP contribution in [0.4, 0.5) is 11.4 Å². The minimum atomic E-state index is -1.49. The molecule has 0 amide bonds. The van der Waals surface area contributed by atoms with Gasteiger partial charge in [0.1, 0.15) is 5.75 Å². The lowest BCUT2D eigenvalue weighted by Gasteiger charge is -2.24. The molecule has 0 fully saturated rings. The molecule has 0 aromatic heterocycles. The number of aliphatic hydroxyl groups is 1. The SMILES string of the molecule is CCOC(=O)[C@H](O)[C@@H](Nc1ccc(OC)cc1)c1ccc([N+](=O)[O-])cc1. The Morgan fingerprint density at radius 2 is 1.81 bits per heavy atom. The Bertz CT molecular complexity index is 745. The molecule has 0 saturated carbocycles. The molecular formula is C18H20N2O6.